The SMILES string of the molecule is C=CC(=O)Nc1cccc(Nc2nc(Nc3ccccc3C)nc3ccc(Cl)cc23)c1. The Bertz CT molecular complexity index is 1290. The van der Waals surface area contributed by atoms with Crippen LogP contribution in [0.5, 0.6) is 0 Å². The first-order chi connectivity index (χ1) is 15.0. The average molecular weight is 430 g/mol. The summed E-state index contributed by atoms with van der Waals surface area (Å²) in [6.07, 6.45) is 1.23. The minimum atomic E-state index is -0.277. The Balaban J connectivity index is 1.73. The molecule has 3 N–H and O–H groups in total. The Hall–Kier alpha value is -3.90. The third-order valence-corrected chi connectivity index (χ3v) is 4.86. The van der Waals surface area contributed by atoms with Crippen molar-refractivity contribution in [2.45, 2.75) is 6.92 Å². The van der Waals surface area contributed by atoms with Gasteiger partial charge < -0.3 is 16.0 Å². The Kier molecular flexibility index (Phi) is 5.82. The highest BCUT2D eigenvalue weighted by Gasteiger charge is 2.11. The van der Waals surface area contributed by atoms with Gasteiger partial charge in [0.15, 0.2) is 0 Å². The number of nitrogens with zero attached hydrogens (tertiary/aromatic N) is 2. The van der Waals surface area contributed by atoms with Crippen molar-refractivity contribution >= 4 is 57.2 Å². The summed E-state index contributed by atoms with van der Waals surface area (Å²) in [7, 11) is 0. The topological polar surface area (TPSA) is 78.9 Å². The van der Waals surface area contributed by atoms with Crippen LogP contribution in [0.1, 0.15) is 5.56 Å². The molecule has 0 saturated carbocycles. The number of halogens is 1. The number of fused-ring (bicyclic) bond motifs is 1. The summed E-state index contributed by atoms with van der Waals surface area (Å²) in [5, 5.41) is 10.7. The van der Waals surface area contributed by atoms with Gasteiger partial charge in [0, 0.05) is 27.5 Å². The molecule has 0 fully saturated rings. The molecular formula is C24H20ClN5O. The van der Waals surface area contributed by atoms with Crippen molar-refractivity contribution in [3.63, 3.8) is 0 Å². The first-order valence-corrected chi connectivity index (χ1v) is 10.00. The van der Waals surface area contributed by atoms with Crippen LogP contribution in [0.25, 0.3) is 10.9 Å². The molecule has 0 bridgehead atoms. The first kappa shape index (κ1) is 20.4. The highest BCUT2D eigenvalue weighted by atomic mass is 35.5. The number of rotatable bonds is 6. The summed E-state index contributed by atoms with van der Waals surface area (Å²) < 4.78 is 0. The molecular weight excluding hydrogens is 410 g/mol. The fraction of sp³-hybridized carbons (Fsp3) is 0.0417. The Morgan fingerprint density at radius 1 is 0.968 bits per heavy atom. The van der Waals surface area contributed by atoms with Crippen molar-refractivity contribution in [1.82, 2.24) is 9.97 Å². The van der Waals surface area contributed by atoms with Gasteiger partial charge in [-0.05, 0) is 61.0 Å². The van der Waals surface area contributed by atoms with E-state index in [0.29, 0.717) is 22.5 Å². The summed E-state index contributed by atoms with van der Waals surface area (Å²) in [6, 6.07) is 20.7. The van der Waals surface area contributed by atoms with E-state index in [1.807, 2.05) is 61.5 Å². The molecule has 4 rings (SSSR count). The predicted octanol–water partition coefficient (Wildman–Crippen LogP) is 6.20. The number of hydrogen-bond acceptors (Lipinski definition) is 5. The van der Waals surface area contributed by atoms with Crippen LogP contribution in [0.4, 0.5) is 28.8 Å². The van der Waals surface area contributed by atoms with Crippen LogP contribution in [0.2, 0.25) is 5.02 Å². The van der Waals surface area contributed by atoms with Crippen LogP contribution in [-0.2, 0) is 4.79 Å². The van der Waals surface area contributed by atoms with E-state index in [4.69, 9.17) is 11.6 Å². The van der Waals surface area contributed by atoms with Gasteiger partial charge in [-0.2, -0.15) is 4.98 Å². The number of nitrogens with one attached hydrogen (secondary N) is 3. The maximum atomic E-state index is 11.6. The molecule has 7 heteroatoms. The zero-order valence-electron chi connectivity index (χ0n) is 16.8. The molecule has 6 nitrogen and oxygen atoms in total. The van der Waals surface area contributed by atoms with Crippen molar-refractivity contribution in [3.8, 4) is 0 Å². The zero-order chi connectivity index (χ0) is 21.8. The van der Waals surface area contributed by atoms with E-state index < -0.39 is 0 Å². The van der Waals surface area contributed by atoms with Crippen molar-refractivity contribution in [2.24, 2.45) is 0 Å². The number of carbonyl (C=O) groups excluding carboxylic acids is 1. The monoisotopic (exact) mass is 429 g/mol. The number of para-hydroxylation sites is 1. The van der Waals surface area contributed by atoms with E-state index in [2.05, 4.69) is 32.5 Å². The van der Waals surface area contributed by atoms with Gasteiger partial charge in [0.05, 0.1) is 5.52 Å². The molecule has 0 aliphatic rings. The molecule has 0 radical (unpaired) electrons. The van der Waals surface area contributed by atoms with Gasteiger partial charge in [0.25, 0.3) is 0 Å². The zero-order valence-corrected chi connectivity index (χ0v) is 17.6. The fourth-order valence-electron chi connectivity index (χ4n) is 3.09. The van der Waals surface area contributed by atoms with Gasteiger partial charge in [0.1, 0.15) is 5.82 Å². The van der Waals surface area contributed by atoms with E-state index in [1.54, 1.807) is 12.1 Å². The fourth-order valence-corrected chi connectivity index (χ4v) is 3.26. The van der Waals surface area contributed by atoms with Crippen molar-refractivity contribution in [3.05, 3.63) is 90.0 Å². The minimum Gasteiger partial charge on any atom is -0.339 e. The number of benzene rings is 3. The van der Waals surface area contributed by atoms with Gasteiger partial charge in [0.2, 0.25) is 11.9 Å². The molecule has 1 heterocycles. The van der Waals surface area contributed by atoms with E-state index in [9.17, 15) is 4.79 Å². The third-order valence-electron chi connectivity index (χ3n) is 4.63. The molecule has 154 valence electrons. The molecule has 0 aliphatic heterocycles. The van der Waals surface area contributed by atoms with Crippen molar-refractivity contribution in [2.75, 3.05) is 16.0 Å². The minimum absolute atomic E-state index is 0.277. The van der Waals surface area contributed by atoms with Crippen molar-refractivity contribution < 1.29 is 4.79 Å². The standard InChI is InChI=1S/C24H20ClN5O/c1-3-22(31)26-17-8-6-9-18(14-17)27-23-19-13-16(25)11-12-21(19)29-24(30-23)28-20-10-5-4-7-15(20)2/h3-14H,1H2,2H3,(H,26,31)(H2,27,28,29,30). The van der Waals surface area contributed by atoms with Crippen molar-refractivity contribution in [1.29, 1.82) is 0 Å². The summed E-state index contributed by atoms with van der Waals surface area (Å²) in [5.74, 6) is 0.777. The summed E-state index contributed by atoms with van der Waals surface area (Å²) in [5.41, 5.74) is 4.15. The van der Waals surface area contributed by atoms with Gasteiger partial charge in [-0.1, -0.05) is 42.4 Å². The molecule has 31 heavy (non-hydrogen) atoms. The molecule has 1 aromatic heterocycles. The molecule has 0 atom stereocenters. The number of amides is 1. The highest BCUT2D eigenvalue weighted by molar-refractivity contribution is 6.31. The van der Waals surface area contributed by atoms with Crippen LogP contribution < -0.4 is 16.0 Å². The van der Waals surface area contributed by atoms with E-state index in [-0.39, 0.29) is 5.91 Å². The summed E-state index contributed by atoms with van der Waals surface area (Å²) in [6.45, 7) is 5.49. The molecule has 3 aromatic carbocycles. The number of anilines is 5. The van der Waals surface area contributed by atoms with Gasteiger partial charge in [-0.25, -0.2) is 4.98 Å². The number of aromatic nitrogens is 2. The van der Waals surface area contributed by atoms with E-state index >= 15 is 0 Å². The lowest BCUT2D eigenvalue weighted by Gasteiger charge is -2.14. The summed E-state index contributed by atoms with van der Waals surface area (Å²) >= 11 is 6.23. The van der Waals surface area contributed by atoms with Crippen LogP contribution >= 0.6 is 11.6 Å². The Labute approximate surface area is 185 Å². The lowest BCUT2D eigenvalue weighted by atomic mass is 10.2. The van der Waals surface area contributed by atoms with Crippen LogP contribution in [0, 0.1) is 6.92 Å². The summed E-state index contributed by atoms with van der Waals surface area (Å²) in [4.78, 5) is 20.9. The second kappa shape index (κ2) is 8.85. The smallest absolute Gasteiger partial charge is 0.247 e. The van der Waals surface area contributed by atoms with E-state index in [0.717, 1.165) is 27.8 Å². The quantitative estimate of drug-likeness (QED) is 0.318. The predicted molar refractivity (Wildman–Crippen MR) is 128 cm³/mol. The molecule has 0 aliphatic carbocycles. The first-order valence-electron chi connectivity index (χ1n) is 9.62. The van der Waals surface area contributed by atoms with Gasteiger partial charge in [-0.15, -0.1) is 0 Å². The number of hydrogen-bond donors (Lipinski definition) is 3. The molecule has 1 amide bonds. The molecule has 0 unspecified atom stereocenters. The van der Waals surface area contributed by atoms with Crippen LogP contribution in [0.15, 0.2) is 79.4 Å². The Morgan fingerprint density at radius 2 is 1.77 bits per heavy atom. The maximum absolute atomic E-state index is 11.6. The molecule has 0 spiro atoms. The highest BCUT2D eigenvalue weighted by Crippen LogP contribution is 2.30. The van der Waals surface area contributed by atoms with Gasteiger partial charge >= 0.3 is 0 Å². The van der Waals surface area contributed by atoms with Crippen LogP contribution in [-0.4, -0.2) is 15.9 Å². The second-order valence-electron chi connectivity index (χ2n) is 6.90. The number of carbonyl (C=O) groups is 1. The lowest BCUT2D eigenvalue weighted by molar-refractivity contribution is -0.111. The molecule has 0 saturated heterocycles. The number of aryl methyl sites for hydroxylation is 1. The largest absolute Gasteiger partial charge is 0.339 e. The van der Waals surface area contributed by atoms with Crippen LogP contribution in [0.3, 0.4) is 0 Å². The molecule has 4 aromatic rings. The van der Waals surface area contributed by atoms with E-state index in [1.165, 1.54) is 6.08 Å². The van der Waals surface area contributed by atoms with Gasteiger partial charge in [-0.3, -0.25) is 4.79 Å². The lowest BCUT2D eigenvalue weighted by Crippen LogP contribution is -2.07. The average Bonchev–Trinajstić information content (AvgIpc) is 2.76. The maximum Gasteiger partial charge on any atom is 0.247 e. The third kappa shape index (κ3) is 4.82. The normalized spacial score (nSPS) is 10.5. The second-order valence-corrected chi connectivity index (χ2v) is 7.33. The Morgan fingerprint density at radius 3 is 2.58 bits per heavy atom.